The molecular formula is C24H34N2O3. The molecule has 158 valence electrons. The summed E-state index contributed by atoms with van der Waals surface area (Å²) in [6.07, 6.45) is 0. The van der Waals surface area contributed by atoms with Crippen molar-refractivity contribution in [2.75, 3.05) is 64.6 Å². The molecule has 0 saturated carbocycles. The number of piperazine rings is 1. The molecule has 0 spiro atoms. The fourth-order valence-electron chi connectivity index (χ4n) is 3.76. The first-order chi connectivity index (χ1) is 14.1. The SMILES string of the molecule is COc1ccccc1N1CCN(CCOCCOc2cc(C)cc(C)c2C)CC1. The second-order valence-corrected chi connectivity index (χ2v) is 7.67. The van der Waals surface area contributed by atoms with Crippen molar-refractivity contribution in [3.8, 4) is 11.5 Å². The molecular weight excluding hydrogens is 364 g/mol. The van der Waals surface area contributed by atoms with E-state index in [1.165, 1.54) is 22.4 Å². The molecule has 0 aliphatic carbocycles. The van der Waals surface area contributed by atoms with Gasteiger partial charge in [-0.1, -0.05) is 18.2 Å². The highest BCUT2D eigenvalue weighted by atomic mass is 16.5. The Balaban J connectivity index is 1.32. The number of aryl methyl sites for hydroxylation is 2. The molecule has 0 aromatic heterocycles. The van der Waals surface area contributed by atoms with Crippen molar-refractivity contribution in [1.82, 2.24) is 4.90 Å². The molecule has 0 atom stereocenters. The molecule has 2 aromatic carbocycles. The van der Waals surface area contributed by atoms with Gasteiger partial charge in [0.15, 0.2) is 0 Å². The fraction of sp³-hybridized carbons (Fsp3) is 0.500. The lowest BCUT2D eigenvalue weighted by atomic mass is 10.1. The molecule has 1 aliphatic rings. The molecule has 5 heteroatoms. The summed E-state index contributed by atoms with van der Waals surface area (Å²) >= 11 is 0. The highest BCUT2D eigenvalue weighted by Gasteiger charge is 2.19. The highest BCUT2D eigenvalue weighted by molar-refractivity contribution is 5.58. The molecule has 0 bridgehead atoms. The number of ether oxygens (including phenoxy) is 3. The van der Waals surface area contributed by atoms with Gasteiger partial charge in [-0.3, -0.25) is 4.90 Å². The van der Waals surface area contributed by atoms with Crippen molar-refractivity contribution >= 4 is 5.69 Å². The van der Waals surface area contributed by atoms with E-state index in [2.05, 4.69) is 54.8 Å². The summed E-state index contributed by atoms with van der Waals surface area (Å²) in [6, 6.07) is 12.5. The van der Waals surface area contributed by atoms with Gasteiger partial charge in [0.25, 0.3) is 0 Å². The van der Waals surface area contributed by atoms with Gasteiger partial charge in [-0.2, -0.15) is 0 Å². The Hall–Kier alpha value is -2.24. The van der Waals surface area contributed by atoms with E-state index in [4.69, 9.17) is 14.2 Å². The largest absolute Gasteiger partial charge is 0.495 e. The van der Waals surface area contributed by atoms with Crippen molar-refractivity contribution in [3.05, 3.63) is 53.1 Å². The first-order valence-electron chi connectivity index (χ1n) is 10.5. The van der Waals surface area contributed by atoms with Crippen LogP contribution in [0.5, 0.6) is 11.5 Å². The van der Waals surface area contributed by atoms with E-state index in [-0.39, 0.29) is 0 Å². The van der Waals surface area contributed by atoms with Crippen LogP contribution in [0.4, 0.5) is 5.69 Å². The number of para-hydroxylation sites is 2. The molecule has 1 heterocycles. The van der Waals surface area contributed by atoms with Gasteiger partial charge in [0, 0.05) is 32.7 Å². The minimum absolute atomic E-state index is 0.589. The second kappa shape index (κ2) is 10.5. The quantitative estimate of drug-likeness (QED) is 0.600. The second-order valence-electron chi connectivity index (χ2n) is 7.67. The van der Waals surface area contributed by atoms with E-state index in [1.54, 1.807) is 7.11 Å². The zero-order valence-corrected chi connectivity index (χ0v) is 18.2. The van der Waals surface area contributed by atoms with E-state index >= 15 is 0 Å². The van der Waals surface area contributed by atoms with E-state index in [0.717, 1.165) is 50.8 Å². The van der Waals surface area contributed by atoms with Gasteiger partial charge in [0.2, 0.25) is 0 Å². The predicted molar refractivity (Wildman–Crippen MR) is 119 cm³/mol. The lowest BCUT2D eigenvalue weighted by Gasteiger charge is -2.36. The molecule has 2 aromatic rings. The predicted octanol–water partition coefficient (Wildman–Crippen LogP) is 3.84. The Bertz CT molecular complexity index is 786. The zero-order valence-electron chi connectivity index (χ0n) is 18.2. The van der Waals surface area contributed by atoms with Crippen LogP contribution in [0.3, 0.4) is 0 Å². The average molecular weight is 399 g/mol. The molecule has 5 nitrogen and oxygen atoms in total. The molecule has 1 saturated heterocycles. The Labute approximate surface area is 175 Å². The molecule has 0 N–H and O–H groups in total. The first kappa shape index (κ1) is 21.5. The van der Waals surface area contributed by atoms with E-state index < -0.39 is 0 Å². The molecule has 3 rings (SSSR count). The lowest BCUT2D eigenvalue weighted by Crippen LogP contribution is -2.47. The number of nitrogens with zero attached hydrogens (tertiary/aromatic N) is 2. The molecule has 0 radical (unpaired) electrons. The van der Waals surface area contributed by atoms with Gasteiger partial charge < -0.3 is 19.1 Å². The Morgan fingerprint density at radius 1 is 0.862 bits per heavy atom. The summed E-state index contributed by atoms with van der Waals surface area (Å²) in [5, 5.41) is 0. The van der Waals surface area contributed by atoms with Crippen LogP contribution in [0, 0.1) is 20.8 Å². The van der Waals surface area contributed by atoms with Gasteiger partial charge in [0.1, 0.15) is 18.1 Å². The third-order valence-electron chi connectivity index (χ3n) is 5.60. The normalized spacial score (nSPS) is 14.8. The maximum absolute atomic E-state index is 5.92. The topological polar surface area (TPSA) is 34.2 Å². The van der Waals surface area contributed by atoms with E-state index in [9.17, 15) is 0 Å². The minimum Gasteiger partial charge on any atom is -0.495 e. The number of methoxy groups -OCH3 is 1. The van der Waals surface area contributed by atoms with Gasteiger partial charge in [-0.05, 0) is 55.7 Å². The smallest absolute Gasteiger partial charge is 0.142 e. The Kier molecular flexibility index (Phi) is 7.78. The molecule has 1 fully saturated rings. The highest BCUT2D eigenvalue weighted by Crippen LogP contribution is 2.28. The maximum Gasteiger partial charge on any atom is 0.142 e. The third-order valence-corrected chi connectivity index (χ3v) is 5.60. The third kappa shape index (κ3) is 5.87. The van der Waals surface area contributed by atoms with Crippen LogP contribution < -0.4 is 14.4 Å². The van der Waals surface area contributed by atoms with Crippen LogP contribution in [0.15, 0.2) is 36.4 Å². The molecule has 1 aliphatic heterocycles. The minimum atomic E-state index is 0.589. The summed E-state index contributed by atoms with van der Waals surface area (Å²) < 4.78 is 17.2. The summed E-state index contributed by atoms with van der Waals surface area (Å²) in [7, 11) is 1.73. The van der Waals surface area contributed by atoms with Gasteiger partial charge in [-0.25, -0.2) is 0 Å². The van der Waals surface area contributed by atoms with Crippen molar-refractivity contribution in [3.63, 3.8) is 0 Å². The first-order valence-corrected chi connectivity index (χ1v) is 10.5. The monoisotopic (exact) mass is 398 g/mol. The Morgan fingerprint density at radius 2 is 1.62 bits per heavy atom. The van der Waals surface area contributed by atoms with Crippen LogP contribution in [-0.4, -0.2) is 64.6 Å². The van der Waals surface area contributed by atoms with Crippen molar-refractivity contribution in [2.24, 2.45) is 0 Å². The number of rotatable bonds is 9. The van der Waals surface area contributed by atoms with Crippen LogP contribution in [0.1, 0.15) is 16.7 Å². The number of hydrogen-bond acceptors (Lipinski definition) is 5. The van der Waals surface area contributed by atoms with Crippen molar-refractivity contribution in [1.29, 1.82) is 0 Å². The summed E-state index contributed by atoms with van der Waals surface area (Å²) in [5.41, 5.74) is 4.90. The standard InChI is InChI=1S/C24H34N2O3/c1-19-17-20(2)21(3)24(18-19)29-16-15-28-14-13-25-9-11-26(12-10-25)22-7-5-6-8-23(22)27-4/h5-8,17-18H,9-16H2,1-4H3. The van der Waals surface area contributed by atoms with Crippen LogP contribution >= 0.6 is 0 Å². The lowest BCUT2D eigenvalue weighted by molar-refractivity contribution is 0.0781. The van der Waals surface area contributed by atoms with E-state index in [0.29, 0.717) is 13.2 Å². The van der Waals surface area contributed by atoms with E-state index in [1.807, 2.05) is 12.1 Å². The molecule has 0 amide bonds. The summed E-state index contributed by atoms with van der Waals surface area (Å²) in [4.78, 5) is 4.86. The van der Waals surface area contributed by atoms with Crippen LogP contribution in [0.25, 0.3) is 0 Å². The van der Waals surface area contributed by atoms with Gasteiger partial charge in [-0.15, -0.1) is 0 Å². The summed E-state index contributed by atoms with van der Waals surface area (Å²) in [5.74, 6) is 1.92. The molecule has 29 heavy (non-hydrogen) atoms. The van der Waals surface area contributed by atoms with Gasteiger partial charge >= 0.3 is 0 Å². The number of anilines is 1. The Morgan fingerprint density at radius 3 is 2.38 bits per heavy atom. The molecule has 0 unspecified atom stereocenters. The maximum atomic E-state index is 5.92. The van der Waals surface area contributed by atoms with Crippen LogP contribution in [-0.2, 0) is 4.74 Å². The average Bonchev–Trinajstić information content (AvgIpc) is 2.74. The van der Waals surface area contributed by atoms with Crippen molar-refractivity contribution in [2.45, 2.75) is 20.8 Å². The fourth-order valence-corrected chi connectivity index (χ4v) is 3.76. The van der Waals surface area contributed by atoms with Gasteiger partial charge in [0.05, 0.1) is 26.0 Å². The number of hydrogen-bond donors (Lipinski definition) is 0. The van der Waals surface area contributed by atoms with Crippen LogP contribution in [0.2, 0.25) is 0 Å². The number of benzene rings is 2. The van der Waals surface area contributed by atoms with Crippen molar-refractivity contribution < 1.29 is 14.2 Å². The zero-order chi connectivity index (χ0) is 20.6. The summed E-state index contributed by atoms with van der Waals surface area (Å²) in [6.45, 7) is 13.3.